The van der Waals surface area contributed by atoms with Crippen LogP contribution in [0.5, 0.6) is 0 Å². The number of aliphatic hydroxyl groups is 1. The summed E-state index contributed by atoms with van der Waals surface area (Å²) in [6, 6.07) is 3.23. The lowest BCUT2D eigenvalue weighted by molar-refractivity contribution is 0.0601. The third kappa shape index (κ3) is 4.14. The highest BCUT2D eigenvalue weighted by Gasteiger charge is 2.28. The molecule has 0 radical (unpaired) electrons. The summed E-state index contributed by atoms with van der Waals surface area (Å²) in [5, 5.41) is 9.49. The lowest BCUT2D eigenvalue weighted by Gasteiger charge is -2.27. The van der Waals surface area contributed by atoms with Crippen molar-refractivity contribution in [2.45, 2.75) is 31.3 Å². The molecule has 0 aliphatic carbocycles. The van der Waals surface area contributed by atoms with Crippen molar-refractivity contribution in [2.24, 2.45) is 0 Å². The molecular weight excluding hydrogens is 293 g/mol. The standard InChI is InChI=1S/C12H17ClFNO3S/c1-4-15(8-12(2,3)16)19(17,18)9-5-6-11(14)10(13)7-9/h5-7,16H,4,8H2,1-3H3. The maximum atomic E-state index is 13.1. The van der Waals surface area contributed by atoms with E-state index in [4.69, 9.17) is 11.6 Å². The van der Waals surface area contributed by atoms with Crippen LogP contribution in [0.25, 0.3) is 0 Å². The second-order valence-electron chi connectivity index (χ2n) is 4.82. The van der Waals surface area contributed by atoms with Crippen LogP contribution in [-0.2, 0) is 10.0 Å². The first kappa shape index (κ1) is 16.4. The number of nitrogens with zero attached hydrogens (tertiary/aromatic N) is 1. The van der Waals surface area contributed by atoms with E-state index in [0.29, 0.717) is 0 Å². The molecule has 19 heavy (non-hydrogen) atoms. The molecule has 0 aliphatic heterocycles. The van der Waals surface area contributed by atoms with Gasteiger partial charge in [-0.05, 0) is 32.0 Å². The average molecular weight is 310 g/mol. The molecule has 1 N–H and O–H groups in total. The fourth-order valence-electron chi connectivity index (χ4n) is 1.58. The number of rotatable bonds is 5. The van der Waals surface area contributed by atoms with Crippen molar-refractivity contribution in [3.05, 3.63) is 29.0 Å². The van der Waals surface area contributed by atoms with Crippen molar-refractivity contribution in [1.29, 1.82) is 0 Å². The summed E-state index contributed by atoms with van der Waals surface area (Å²) >= 11 is 5.59. The van der Waals surface area contributed by atoms with Gasteiger partial charge in [-0.25, -0.2) is 12.8 Å². The summed E-state index contributed by atoms with van der Waals surface area (Å²) < 4.78 is 38.9. The summed E-state index contributed by atoms with van der Waals surface area (Å²) in [5.74, 6) is -0.675. The predicted molar refractivity (Wildman–Crippen MR) is 72.1 cm³/mol. The molecule has 0 saturated carbocycles. The van der Waals surface area contributed by atoms with Crippen molar-refractivity contribution >= 4 is 21.6 Å². The minimum atomic E-state index is -3.80. The van der Waals surface area contributed by atoms with Crippen LogP contribution < -0.4 is 0 Å². The average Bonchev–Trinajstić information content (AvgIpc) is 2.28. The van der Waals surface area contributed by atoms with Gasteiger partial charge in [0.15, 0.2) is 0 Å². The Kier molecular flexibility index (Phi) is 4.95. The van der Waals surface area contributed by atoms with Crippen LogP contribution >= 0.6 is 11.6 Å². The zero-order valence-electron chi connectivity index (χ0n) is 11.0. The lowest BCUT2D eigenvalue weighted by Crippen LogP contribution is -2.42. The highest BCUT2D eigenvalue weighted by atomic mass is 35.5. The normalized spacial score (nSPS) is 13.0. The molecule has 108 valence electrons. The summed E-state index contributed by atoms with van der Waals surface area (Å²) in [6.45, 7) is 4.84. The van der Waals surface area contributed by atoms with Gasteiger partial charge in [0.05, 0.1) is 15.5 Å². The summed E-state index contributed by atoms with van der Waals surface area (Å²) in [5.41, 5.74) is -1.16. The van der Waals surface area contributed by atoms with Gasteiger partial charge >= 0.3 is 0 Å². The smallest absolute Gasteiger partial charge is 0.243 e. The highest BCUT2D eigenvalue weighted by molar-refractivity contribution is 7.89. The van der Waals surface area contributed by atoms with Gasteiger partial charge in [-0.1, -0.05) is 18.5 Å². The quantitative estimate of drug-likeness (QED) is 0.907. The first-order valence-electron chi connectivity index (χ1n) is 5.75. The van der Waals surface area contributed by atoms with Gasteiger partial charge < -0.3 is 5.11 Å². The molecule has 7 heteroatoms. The van der Waals surface area contributed by atoms with E-state index in [2.05, 4.69) is 0 Å². The molecule has 0 aromatic heterocycles. The van der Waals surface area contributed by atoms with Crippen LogP contribution in [-0.4, -0.2) is 36.5 Å². The Bertz CT molecular complexity index is 555. The zero-order valence-corrected chi connectivity index (χ0v) is 12.6. The van der Waals surface area contributed by atoms with Gasteiger partial charge in [-0.2, -0.15) is 4.31 Å². The second-order valence-corrected chi connectivity index (χ2v) is 7.16. The van der Waals surface area contributed by atoms with Crippen molar-refractivity contribution in [3.8, 4) is 0 Å². The molecule has 0 spiro atoms. The van der Waals surface area contributed by atoms with Crippen LogP contribution in [0.4, 0.5) is 4.39 Å². The Morgan fingerprint density at radius 3 is 2.42 bits per heavy atom. The maximum absolute atomic E-state index is 13.1. The zero-order chi connectivity index (χ0) is 14.8. The number of likely N-dealkylation sites (N-methyl/N-ethyl adjacent to an activating group) is 1. The van der Waals surface area contributed by atoms with Gasteiger partial charge in [0, 0.05) is 13.1 Å². The van der Waals surface area contributed by atoms with Gasteiger partial charge in [0.1, 0.15) is 5.82 Å². The molecule has 0 aliphatic rings. The Balaban J connectivity index is 3.17. The Labute approximate surface area is 117 Å². The molecule has 0 atom stereocenters. The SMILES string of the molecule is CCN(CC(C)(C)O)S(=O)(=O)c1ccc(F)c(Cl)c1. The van der Waals surface area contributed by atoms with E-state index in [1.165, 1.54) is 13.8 Å². The topological polar surface area (TPSA) is 57.6 Å². The second kappa shape index (κ2) is 5.75. The van der Waals surface area contributed by atoms with E-state index in [1.807, 2.05) is 0 Å². The van der Waals surface area contributed by atoms with Crippen molar-refractivity contribution in [1.82, 2.24) is 4.31 Å². The molecule has 0 bridgehead atoms. The van der Waals surface area contributed by atoms with Crippen LogP contribution in [0.1, 0.15) is 20.8 Å². The molecule has 1 aromatic carbocycles. The fraction of sp³-hybridized carbons (Fsp3) is 0.500. The minimum absolute atomic E-state index is 0.0547. The number of halogens is 2. The summed E-state index contributed by atoms with van der Waals surface area (Å²) in [7, 11) is -3.80. The Morgan fingerprint density at radius 2 is 2.00 bits per heavy atom. The monoisotopic (exact) mass is 309 g/mol. The minimum Gasteiger partial charge on any atom is -0.389 e. The molecule has 0 unspecified atom stereocenters. The Morgan fingerprint density at radius 1 is 1.42 bits per heavy atom. The molecule has 1 aromatic rings. The van der Waals surface area contributed by atoms with E-state index >= 15 is 0 Å². The van der Waals surface area contributed by atoms with Gasteiger partial charge in [0.25, 0.3) is 0 Å². The van der Waals surface area contributed by atoms with Crippen molar-refractivity contribution in [2.75, 3.05) is 13.1 Å². The van der Waals surface area contributed by atoms with Crippen molar-refractivity contribution < 1.29 is 17.9 Å². The maximum Gasteiger partial charge on any atom is 0.243 e. The molecule has 0 fully saturated rings. The van der Waals surface area contributed by atoms with E-state index in [1.54, 1.807) is 6.92 Å². The van der Waals surface area contributed by atoms with Crippen LogP contribution in [0.3, 0.4) is 0 Å². The van der Waals surface area contributed by atoms with Crippen LogP contribution in [0.15, 0.2) is 23.1 Å². The Hall–Kier alpha value is -0.690. The molecular formula is C12H17ClFNO3S. The first-order valence-corrected chi connectivity index (χ1v) is 7.57. The van der Waals surface area contributed by atoms with Crippen molar-refractivity contribution in [3.63, 3.8) is 0 Å². The van der Waals surface area contributed by atoms with Crippen LogP contribution in [0, 0.1) is 5.82 Å². The van der Waals surface area contributed by atoms with E-state index in [-0.39, 0.29) is 23.0 Å². The van der Waals surface area contributed by atoms with E-state index in [0.717, 1.165) is 22.5 Å². The molecule has 4 nitrogen and oxygen atoms in total. The largest absolute Gasteiger partial charge is 0.389 e. The third-order valence-corrected chi connectivity index (χ3v) is 4.65. The van der Waals surface area contributed by atoms with Gasteiger partial charge in [0.2, 0.25) is 10.0 Å². The highest BCUT2D eigenvalue weighted by Crippen LogP contribution is 2.23. The fourth-order valence-corrected chi connectivity index (χ4v) is 3.46. The number of benzene rings is 1. The van der Waals surface area contributed by atoms with E-state index < -0.39 is 21.4 Å². The van der Waals surface area contributed by atoms with Crippen LogP contribution in [0.2, 0.25) is 5.02 Å². The van der Waals surface area contributed by atoms with E-state index in [9.17, 15) is 17.9 Å². The third-order valence-electron chi connectivity index (χ3n) is 2.44. The predicted octanol–water partition coefficient (Wildman–Crippen LogP) is 2.26. The first-order chi connectivity index (χ1) is 8.58. The molecule has 0 saturated heterocycles. The van der Waals surface area contributed by atoms with Gasteiger partial charge in [-0.3, -0.25) is 0 Å². The molecule has 0 heterocycles. The number of sulfonamides is 1. The lowest BCUT2D eigenvalue weighted by atomic mass is 10.1. The van der Waals surface area contributed by atoms with Gasteiger partial charge in [-0.15, -0.1) is 0 Å². The summed E-state index contributed by atoms with van der Waals surface area (Å²) in [6.07, 6.45) is 0. The summed E-state index contributed by atoms with van der Waals surface area (Å²) in [4.78, 5) is -0.0926. The number of hydrogen-bond acceptors (Lipinski definition) is 3. The molecule has 1 rings (SSSR count). The molecule has 0 amide bonds. The number of hydrogen-bond donors (Lipinski definition) is 1.